The Morgan fingerprint density at radius 1 is 1.10 bits per heavy atom. The molecule has 1 N–H and O–H groups in total. The first-order chi connectivity index (χ1) is 9.92. The number of hydrogen-bond acceptors (Lipinski definition) is 2. The highest BCUT2D eigenvalue weighted by Gasteiger charge is 2.14. The van der Waals surface area contributed by atoms with E-state index in [0.717, 1.165) is 0 Å². The van der Waals surface area contributed by atoms with Crippen LogP contribution in [0.1, 0.15) is 10.4 Å². The van der Waals surface area contributed by atoms with Crippen LogP contribution in [0.15, 0.2) is 30.3 Å². The molecule has 107 valence electrons. The third-order valence-corrected chi connectivity index (χ3v) is 3.70. The first-order valence-corrected chi connectivity index (χ1v) is 6.84. The Hall–Kier alpha value is -1.99. The van der Waals surface area contributed by atoms with Gasteiger partial charge in [-0.1, -0.05) is 11.6 Å². The lowest BCUT2D eigenvalue weighted by Crippen LogP contribution is -2.17. The van der Waals surface area contributed by atoms with E-state index in [9.17, 15) is 22.4 Å². The second kappa shape index (κ2) is 6.19. The number of carbonyl (C=O) groups excluding carboxylic acids is 1. The molecule has 0 heterocycles. The average Bonchev–Trinajstić information content (AvgIpc) is 2.45. The standard InChI is InChI=1S/C13H6ClF3NO2Si/c14-8-2-1-6(3-11(8)21-20)13(19)18-7-4-9(15)12(17)10(16)5-7/h1-5H,(H,18,19). The van der Waals surface area contributed by atoms with Crippen LogP contribution in [0.4, 0.5) is 18.9 Å². The highest BCUT2D eigenvalue weighted by atomic mass is 35.5. The number of carbonyl (C=O) groups is 1. The summed E-state index contributed by atoms with van der Waals surface area (Å²) in [6, 6.07) is 5.34. The van der Waals surface area contributed by atoms with Gasteiger partial charge >= 0.3 is 9.41 Å². The molecule has 0 saturated carbocycles. The summed E-state index contributed by atoms with van der Waals surface area (Å²) in [5, 5.41) is 2.70. The van der Waals surface area contributed by atoms with Gasteiger partial charge < -0.3 is 9.78 Å². The highest BCUT2D eigenvalue weighted by molar-refractivity contribution is 6.48. The Morgan fingerprint density at radius 3 is 2.29 bits per heavy atom. The molecular weight excluding hydrogens is 323 g/mol. The zero-order valence-electron chi connectivity index (χ0n) is 10.2. The van der Waals surface area contributed by atoms with Crippen LogP contribution < -0.4 is 10.5 Å². The lowest BCUT2D eigenvalue weighted by Gasteiger charge is -2.07. The minimum absolute atomic E-state index is 0.0999. The van der Waals surface area contributed by atoms with Crippen LogP contribution in [0.25, 0.3) is 0 Å². The molecule has 0 bridgehead atoms. The largest absolute Gasteiger partial charge is 0.378 e. The molecular formula is C13H6ClF3NO2Si. The molecule has 0 aromatic heterocycles. The highest BCUT2D eigenvalue weighted by Crippen LogP contribution is 2.18. The van der Waals surface area contributed by atoms with Gasteiger partial charge in [-0.15, -0.1) is 0 Å². The van der Waals surface area contributed by atoms with Crippen molar-refractivity contribution in [3.05, 3.63) is 58.4 Å². The summed E-state index contributed by atoms with van der Waals surface area (Å²) >= 11 is 5.75. The van der Waals surface area contributed by atoms with E-state index in [2.05, 4.69) is 5.32 Å². The predicted molar refractivity (Wildman–Crippen MR) is 71.8 cm³/mol. The molecule has 21 heavy (non-hydrogen) atoms. The molecule has 2 aromatic rings. The molecule has 2 aromatic carbocycles. The number of nitrogens with one attached hydrogen (secondary N) is 1. The lowest BCUT2D eigenvalue weighted by atomic mass is 10.2. The average molecular weight is 329 g/mol. The van der Waals surface area contributed by atoms with Crippen molar-refractivity contribution in [1.29, 1.82) is 0 Å². The Balaban J connectivity index is 2.28. The molecule has 3 nitrogen and oxygen atoms in total. The molecule has 0 unspecified atom stereocenters. The van der Waals surface area contributed by atoms with E-state index < -0.39 is 32.8 Å². The van der Waals surface area contributed by atoms with E-state index in [1.54, 1.807) is 0 Å². The molecule has 0 spiro atoms. The summed E-state index contributed by atoms with van der Waals surface area (Å²) in [6.45, 7) is 0. The van der Waals surface area contributed by atoms with Crippen LogP contribution in [0.2, 0.25) is 5.02 Å². The topological polar surface area (TPSA) is 46.2 Å². The van der Waals surface area contributed by atoms with Gasteiger partial charge in [0.2, 0.25) is 0 Å². The van der Waals surface area contributed by atoms with E-state index in [4.69, 9.17) is 11.6 Å². The summed E-state index contributed by atoms with van der Waals surface area (Å²) in [4.78, 5) is 11.9. The predicted octanol–water partition coefficient (Wildman–Crippen LogP) is 2.68. The van der Waals surface area contributed by atoms with Gasteiger partial charge in [-0.25, -0.2) is 13.2 Å². The summed E-state index contributed by atoms with van der Waals surface area (Å²) in [5.41, 5.74) is -0.139. The van der Waals surface area contributed by atoms with Crippen molar-refractivity contribution in [3.63, 3.8) is 0 Å². The van der Waals surface area contributed by atoms with Crippen LogP contribution in [0, 0.1) is 17.5 Å². The molecule has 0 aliphatic rings. The number of benzene rings is 2. The Morgan fingerprint density at radius 2 is 1.71 bits per heavy atom. The van der Waals surface area contributed by atoms with Gasteiger partial charge in [0.1, 0.15) is 0 Å². The fourth-order valence-electron chi connectivity index (χ4n) is 1.58. The number of rotatable bonds is 3. The molecule has 0 saturated heterocycles. The van der Waals surface area contributed by atoms with Gasteiger partial charge in [0, 0.05) is 33.6 Å². The van der Waals surface area contributed by atoms with Crippen molar-refractivity contribution >= 4 is 37.8 Å². The Bertz CT molecular complexity index is 716. The van der Waals surface area contributed by atoms with Crippen LogP contribution >= 0.6 is 11.6 Å². The van der Waals surface area contributed by atoms with E-state index in [1.807, 2.05) is 0 Å². The maximum absolute atomic E-state index is 13.0. The third kappa shape index (κ3) is 3.37. The van der Waals surface area contributed by atoms with Crippen molar-refractivity contribution in [2.45, 2.75) is 0 Å². The minimum atomic E-state index is -1.62. The fraction of sp³-hybridized carbons (Fsp3) is 0. The monoisotopic (exact) mass is 328 g/mol. The molecule has 1 amide bonds. The second-order valence-corrected chi connectivity index (χ2v) is 5.15. The normalized spacial score (nSPS) is 10.3. The second-order valence-electron chi connectivity index (χ2n) is 4.00. The van der Waals surface area contributed by atoms with E-state index >= 15 is 0 Å². The minimum Gasteiger partial charge on any atom is -0.378 e. The first kappa shape index (κ1) is 15.4. The van der Waals surface area contributed by atoms with Gasteiger partial charge in [0.15, 0.2) is 17.5 Å². The number of amides is 1. The van der Waals surface area contributed by atoms with Gasteiger partial charge in [-0.3, -0.25) is 4.79 Å². The zero-order chi connectivity index (χ0) is 15.6. The van der Waals surface area contributed by atoms with Crippen molar-refractivity contribution in [2.24, 2.45) is 0 Å². The van der Waals surface area contributed by atoms with Crippen molar-refractivity contribution in [3.8, 4) is 0 Å². The zero-order valence-corrected chi connectivity index (χ0v) is 12.0. The molecule has 0 aliphatic carbocycles. The number of anilines is 1. The third-order valence-electron chi connectivity index (χ3n) is 2.58. The van der Waals surface area contributed by atoms with Gasteiger partial charge in [-0.05, 0) is 18.2 Å². The SMILES string of the molecule is O=[Si]c1cc(C(=O)Nc2cc(F)c(F)c(F)c2)ccc1Cl. The number of halogens is 4. The van der Waals surface area contributed by atoms with Crippen LogP contribution in [0.5, 0.6) is 0 Å². The molecule has 8 heteroatoms. The van der Waals surface area contributed by atoms with Crippen molar-refractivity contribution in [2.75, 3.05) is 5.32 Å². The number of hydrogen-bond donors (Lipinski definition) is 1. The maximum Gasteiger partial charge on any atom is 0.367 e. The molecule has 2 rings (SSSR count). The Kier molecular flexibility index (Phi) is 4.54. The molecule has 0 atom stereocenters. The molecule has 0 aliphatic heterocycles. The summed E-state index contributed by atoms with van der Waals surface area (Å²) in [7, 11) is -0.851. The fourth-order valence-corrected chi connectivity index (χ4v) is 2.20. The van der Waals surface area contributed by atoms with Crippen LogP contribution in [-0.2, 0) is 4.46 Å². The van der Waals surface area contributed by atoms with Gasteiger partial charge in [-0.2, -0.15) is 0 Å². The lowest BCUT2D eigenvalue weighted by molar-refractivity contribution is 0.102. The summed E-state index contributed by atoms with van der Waals surface area (Å²) in [6.07, 6.45) is 0. The maximum atomic E-state index is 13.0. The van der Waals surface area contributed by atoms with Gasteiger partial charge in [0.05, 0.1) is 0 Å². The van der Waals surface area contributed by atoms with Gasteiger partial charge in [0.25, 0.3) is 5.91 Å². The summed E-state index contributed by atoms with van der Waals surface area (Å²) < 4.78 is 49.8. The first-order valence-electron chi connectivity index (χ1n) is 5.56. The Labute approximate surface area is 124 Å². The van der Waals surface area contributed by atoms with Crippen molar-refractivity contribution < 1.29 is 22.4 Å². The van der Waals surface area contributed by atoms with Crippen molar-refractivity contribution in [1.82, 2.24) is 0 Å². The quantitative estimate of drug-likeness (QED) is 0.695. The van der Waals surface area contributed by atoms with E-state index in [0.29, 0.717) is 12.1 Å². The van der Waals surface area contributed by atoms with E-state index in [1.165, 1.54) is 18.2 Å². The summed E-state index contributed by atoms with van der Waals surface area (Å²) in [5.74, 6) is -5.14. The van der Waals surface area contributed by atoms with Crippen LogP contribution in [0.3, 0.4) is 0 Å². The molecule has 0 fully saturated rings. The smallest absolute Gasteiger partial charge is 0.367 e. The van der Waals surface area contributed by atoms with E-state index in [-0.39, 0.29) is 21.5 Å². The van der Waals surface area contributed by atoms with Crippen LogP contribution in [-0.4, -0.2) is 15.3 Å². The molecule has 1 radical (unpaired) electrons.